The van der Waals surface area contributed by atoms with Crippen molar-refractivity contribution in [1.82, 2.24) is 9.88 Å². The van der Waals surface area contributed by atoms with Gasteiger partial charge in [-0.3, -0.25) is 9.88 Å². The molecule has 2 aliphatic heterocycles. The minimum atomic E-state index is -0.206. The lowest BCUT2D eigenvalue weighted by atomic mass is 9.93. The maximum absolute atomic E-state index is 12.7. The summed E-state index contributed by atoms with van der Waals surface area (Å²) in [6.45, 7) is 0.319. The maximum Gasteiger partial charge on any atom is 0.410 e. The molecule has 3 heterocycles. The third-order valence-electron chi connectivity index (χ3n) is 5.79. The predicted octanol–water partition coefficient (Wildman–Crippen LogP) is 5.19. The van der Waals surface area contributed by atoms with E-state index in [4.69, 9.17) is 4.74 Å². The van der Waals surface area contributed by atoms with Crippen LogP contribution in [0.4, 0.5) is 4.79 Å². The van der Waals surface area contributed by atoms with E-state index in [0.717, 1.165) is 35.7 Å². The van der Waals surface area contributed by atoms with Gasteiger partial charge in [-0.15, -0.1) is 0 Å². The van der Waals surface area contributed by atoms with Crippen LogP contribution in [-0.4, -0.2) is 28.1 Å². The molecule has 1 aromatic heterocycles. The molecule has 0 radical (unpaired) electrons. The highest BCUT2D eigenvalue weighted by Crippen LogP contribution is 2.40. The van der Waals surface area contributed by atoms with Crippen LogP contribution in [0.25, 0.3) is 16.5 Å². The van der Waals surface area contributed by atoms with E-state index in [1.165, 1.54) is 11.1 Å². The number of carbonyl (C=O) groups excluding carboxylic acids is 1. The van der Waals surface area contributed by atoms with Crippen molar-refractivity contribution in [2.24, 2.45) is 0 Å². The van der Waals surface area contributed by atoms with E-state index in [-0.39, 0.29) is 18.2 Å². The van der Waals surface area contributed by atoms with Crippen LogP contribution < -0.4 is 0 Å². The monoisotopic (exact) mass is 370 g/mol. The Hall–Kier alpha value is -3.14. The molecule has 4 heteroatoms. The molecule has 1 amide bonds. The number of rotatable bonds is 3. The molecular weight excluding hydrogens is 348 g/mol. The fraction of sp³-hybridized carbons (Fsp3) is 0.250. The second kappa shape index (κ2) is 7.12. The molecule has 0 aliphatic carbocycles. The van der Waals surface area contributed by atoms with Gasteiger partial charge in [-0.2, -0.15) is 0 Å². The van der Waals surface area contributed by atoms with E-state index in [0.29, 0.717) is 6.61 Å². The summed E-state index contributed by atoms with van der Waals surface area (Å²) in [5, 5.41) is 1.15. The summed E-state index contributed by atoms with van der Waals surface area (Å²) in [5.74, 6) is 0. The largest absolute Gasteiger partial charge is 0.445 e. The third kappa shape index (κ3) is 3.05. The summed E-state index contributed by atoms with van der Waals surface area (Å²) in [5.41, 5.74) is 4.53. The Morgan fingerprint density at radius 3 is 2.75 bits per heavy atom. The highest BCUT2D eigenvalue weighted by Gasteiger charge is 2.40. The first kappa shape index (κ1) is 17.0. The lowest BCUT2D eigenvalue weighted by Gasteiger charge is -2.33. The summed E-state index contributed by atoms with van der Waals surface area (Å²) in [4.78, 5) is 19.3. The van der Waals surface area contributed by atoms with Crippen LogP contribution in [0.5, 0.6) is 0 Å². The fourth-order valence-electron chi connectivity index (χ4n) is 4.47. The van der Waals surface area contributed by atoms with Crippen molar-refractivity contribution < 1.29 is 9.53 Å². The average molecular weight is 370 g/mol. The summed E-state index contributed by atoms with van der Waals surface area (Å²) in [6, 6.07) is 20.5. The zero-order valence-electron chi connectivity index (χ0n) is 15.6. The van der Waals surface area contributed by atoms with Crippen molar-refractivity contribution >= 4 is 22.6 Å². The molecule has 2 atom stereocenters. The average Bonchev–Trinajstić information content (AvgIpc) is 3.02. The minimum Gasteiger partial charge on any atom is -0.445 e. The van der Waals surface area contributed by atoms with E-state index in [1.807, 2.05) is 47.5 Å². The maximum atomic E-state index is 12.7. The SMILES string of the molecule is O=C(OCc1ccccc1)N1C2C=C(c3cccc4cccnc34)CC1CC2. The Labute approximate surface area is 164 Å². The van der Waals surface area contributed by atoms with Crippen LogP contribution in [0, 0.1) is 0 Å². The van der Waals surface area contributed by atoms with Gasteiger partial charge in [0.05, 0.1) is 11.6 Å². The molecule has 3 aromatic rings. The first-order valence-electron chi connectivity index (χ1n) is 9.83. The van der Waals surface area contributed by atoms with Crippen LogP contribution in [0.15, 0.2) is 72.9 Å². The van der Waals surface area contributed by atoms with Gasteiger partial charge < -0.3 is 4.74 Å². The summed E-state index contributed by atoms with van der Waals surface area (Å²) >= 11 is 0. The van der Waals surface area contributed by atoms with Gasteiger partial charge in [0.1, 0.15) is 6.61 Å². The molecule has 0 N–H and O–H groups in total. The van der Waals surface area contributed by atoms with E-state index in [9.17, 15) is 4.79 Å². The van der Waals surface area contributed by atoms with Crippen molar-refractivity contribution in [3.8, 4) is 0 Å². The van der Waals surface area contributed by atoms with Crippen LogP contribution in [0.3, 0.4) is 0 Å². The number of hydrogen-bond acceptors (Lipinski definition) is 3. The van der Waals surface area contributed by atoms with E-state index >= 15 is 0 Å². The summed E-state index contributed by atoms with van der Waals surface area (Å²) in [7, 11) is 0. The lowest BCUT2D eigenvalue weighted by molar-refractivity contribution is 0.0832. The fourth-order valence-corrected chi connectivity index (χ4v) is 4.47. The number of amides is 1. The molecule has 28 heavy (non-hydrogen) atoms. The molecule has 0 spiro atoms. The molecule has 4 nitrogen and oxygen atoms in total. The van der Waals surface area contributed by atoms with Gasteiger partial charge in [0.25, 0.3) is 0 Å². The molecule has 2 unspecified atom stereocenters. The summed E-state index contributed by atoms with van der Waals surface area (Å²) in [6.07, 6.45) is 6.75. The second-order valence-electron chi connectivity index (χ2n) is 7.52. The number of carbonyl (C=O) groups is 1. The normalized spacial score (nSPS) is 20.9. The molecule has 5 rings (SSSR count). The Morgan fingerprint density at radius 2 is 1.89 bits per heavy atom. The van der Waals surface area contributed by atoms with Gasteiger partial charge in [0.15, 0.2) is 0 Å². The number of aromatic nitrogens is 1. The number of pyridine rings is 1. The van der Waals surface area contributed by atoms with E-state index < -0.39 is 0 Å². The van der Waals surface area contributed by atoms with Crippen molar-refractivity contribution in [2.45, 2.75) is 38.0 Å². The molecular formula is C24H22N2O2. The van der Waals surface area contributed by atoms with Gasteiger partial charge in [-0.1, -0.05) is 60.7 Å². The van der Waals surface area contributed by atoms with Crippen LogP contribution in [0.2, 0.25) is 0 Å². The first-order chi connectivity index (χ1) is 13.8. The predicted molar refractivity (Wildman–Crippen MR) is 110 cm³/mol. The van der Waals surface area contributed by atoms with Gasteiger partial charge in [-0.25, -0.2) is 4.79 Å². The topological polar surface area (TPSA) is 42.4 Å². The van der Waals surface area contributed by atoms with Crippen molar-refractivity contribution in [1.29, 1.82) is 0 Å². The number of nitrogens with zero attached hydrogens (tertiary/aromatic N) is 2. The van der Waals surface area contributed by atoms with Crippen molar-refractivity contribution in [2.75, 3.05) is 0 Å². The first-order valence-corrected chi connectivity index (χ1v) is 9.83. The minimum absolute atomic E-state index is 0.107. The van der Waals surface area contributed by atoms with E-state index in [2.05, 4.69) is 35.3 Å². The highest BCUT2D eigenvalue weighted by atomic mass is 16.6. The number of benzene rings is 2. The quantitative estimate of drug-likeness (QED) is 0.637. The lowest BCUT2D eigenvalue weighted by Crippen LogP contribution is -2.43. The van der Waals surface area contributed by atoms with Gasteiger partial charge in [0, 0.05) is 23.2 Å². The Bertz CT molecular complexity index is 1040. The molecule has 2 aromatic carbocycles. The summed E-state index contributed by atoms with van der Waals surface area (Å²) < 4.78 is 5.60. The van der Waals surface area contributed by atoms with Gasteiger partial charge in [0.2, 0.25) is 0 Å². The number of fused-ring (bicyclic) bond motifs is 3. The number of ether oxygens (including phenoxy) is 1. The molecule has 1 fully saturated rings. The second-order valence-corrected chi connectivity index (χ2v) is 7.52. The van der Waals surface area contributed by atoms with Gasteiger partial charge >= 0.3 is 6.09 Å². The van der Waals surface area contributed by atoms with Crippen LogP contribution in [-0.2, 0) is 11.3 Å². The Morgan fingerprint density at radius 1 is 1.04 bits per heavy atom. The van der Waals surface area contributed by atoms with Crippen molar-refractivity contribution in [3.63, 3.8) is 0 Å². The number of hydrogen-bond donors (Lipinski definition) is 0. The van der Waals surface area contributed by atoms with Crippen LogP contribution in [0.1, 0.15) is 30.4 Å². The molecule has 140 valence electrons. The molecule has 1 saturated heterocycles. The molecule has 2 aliphatic rings. The molecule has 0 saturated carbocycles. The highest BCUT2D eigenvalue weighted by molar-refractivity contribution is 5.91. The Kier molecular flexibility index (Phi) is 4.32. The van der Waals surface area contributed by atoms with Crippen molar-refractivity contribution in [3.05, 3.63) is 84.1 Å². The Balaban J connectivity index is 1.37. The number of para-hydroxylation sites is 1. The van der Waals surface area contributed by atoms with E-state index in [1.54, 1.807) is 0 Å². The zero-order chi connectivity index (χ0) is 18.9. The zero-order valence-corrected chi connectivity index (χ0v) is 15.6. The van der Waals surface area contributed by atoms with Crippen LogP contribution >= 0.6 is 0 Å². The standard InChI is InChI=1S/C24H22N2O2/c27-24(28-16-17-6-2-1-3-7-17)26-20-11-12-21(26)15-19(14-20)22-10-4-8-18-9-5-13-25-23(18)22/h1-10,13-14,20-21H,11-12,15-16H2. The molecule has 2 bridgehead atoms. The third-order valence-corrected chi connectivity index (χ3v) is 5.79. The van der Waals surface area contributed by atoms with Gasteiger partial charge in [-0.05, 0) is 36.5 Å². The smallest absolute Gasteiger partial charge is 0.410 e.